The molecular formula is C18H23N5. The van der Waals surface area contributed by atoms with E-state index in [9.17, 15) is 0 Å². The number of nitrogens with zero attached hydrogens (tertiary/aromatic N) is 5. The van der Waals surface area contributed by atoms with Gasteiger partial charge in [-0.25, -0.2) is 0 Å². The molecule has 2 aliphatic rings. The van der Waals surface area contributed by atoms with E-state index in [1.54, 1.807) is 6.20 Å². The Morgan fingerprint density at radius 1 is 0.913 bits per heavy atom. The molecule has 0 unspecified atom stereocenters. The molecular weight excluding hydrogens is 286 g/mol. The lowest BCUT2D eigenvalue weighted by Crippen LogP contribution is -2.44. The van der Waals surface area contributed by atoms with Crippen LogP contribution in [-0.4, -0.2) is 52.3 Å². The van der Waals surface area contributed by atoms with Crippen LogP contribution in [0.2, 0.25) is 0 Å². The number of hydrogen-bond donors (Lipinski definition) is 0. The first-order valence-electron chi connectivity index (χ1n) is 8.63. The van der Waals surface area contributed by atoms with Gasteiger partial charge in [-0.3, -0.25) is 4.98 Å². The molecule has 0 N–H and O–H groups in total. The standard InChI is InChI=1S/C18H23N5/c1-2-11-22(10-1)16-7-12-23(13-8-16)18-6-5-17(20-21-18)15-4-3-9-19-14-15/h3-6,9,14,16H,1-2,7-8,10-13H2. The maximum absolute atomic E-state index is 4.44. The molecule has 2 aliphatic heterocycles. The summed E-state index contributed by atoms with van der Waals surface area (Å²) in [5.41, 5.74) is 1.90. The van der Waals surface area contributed by atoms with Crippen LogP contribution >= 0.6 is 0 Å². The summed E-state index contributed by atoms with van der Waals surface area (Å²) in [5, 5.41) is 8.81. The van der Waals surface area contributed by atoms with Crippen molar-refractivity contribution >= 4 is 5.82 Å². The van der Waals surface area contributed by atoms with Crippen molar-refractivity contribution in [2.24, 2.45) is 0 Å². The minimum atomic E-state index is 0.774. The Kier molecular flexibility index (Phi) is 4.20. The second kappa shape index (κ2) is 6.62. The van der Waals surface area contributed by atoms with Crippen molar-refractivity contribution < 1.29 is 0 Å². The summed E-state index contributed by atoms with van der Waals surface area (Å²) >= 11 is 0. The van der Waals surface area contributed by atoms with Crippen LogP contribution in [0, 0.1) is 0 Å². The molecule has 0 amide bonds. The Balaban J connectivity index is 1.39. The fraction of sp³-hybridized carbons (Fsp3) is 0.500. The van der Waals surface area contributed by atoms with Crippen molar-refractivity contribution in [3.05, 3.63) is 36.7 Å². The normalized spacial score (nSPS) is 20.1. The zero-order chi connectivity index (χ0) is 15.5. The molecule has 2 saturated heterocycles. The van der Waals surface area contributed by atoms with Crippen molar-refractivity contribution in [1.82, 2.24) is 20.1 Å². The van der Waals surface area contributed by atoms with Gasteiger partial charge in [-0.05, 0) is 63.0 Å². The van der Waals surface area contributed by atoms with Gasteiger partial charge in [0.2, 0.25) is 0 Å². The van der Waals surface area contributed by atoms with Crippen molar-refractivity contribution in [1.29, 1.82) is 0 Å². The minimum Gasteiger partial charge on any atom is -0.355 e. The van der Waals surface area contributed by atoms with Gasteiger partial charge in [0, 0.05) is 37.1 Å². The molecule has 5 nitrogen and oxygen atoms in total. The Morgan fingerprint density at radius 2 is 1.74 bits per heavy atom. The van der Waals surface area contributed by atoms with Crippen LogP contribution in [0.3, 0.4) is 0 Å². The highest BCUT2D eigenvalue weighted by Gasteiger charge is 2.26. The van der Waals surface area contributed by atoms with E-state index in [4.69, 9.17) is 0 Å². The molecule has 23 heavy (non-hydrogen) atoms. The first-order valence-corrected chi connectivity index (χ1v) is 8.63. The number of hydrogen-bond acceptors (Lipinski definition) is 5. The van der Waals surface area contributed by atoms with Crippen LogP contribution in [-0.2, 0) is 0 Å². The molecule has 0 aliphatic carbocycles. The lowest BCUT2D eigenvalue weighted by Gasteiger charge is -2.37. The van der Waals surface area contributed by atoms with Gasteiger partial charge in [-0.15, -0.1) is 10.2 Å². The van der Waals surface area contributed by atoms with Crippen molar-refractivity contribution in [2.75, 3.05) is 31.1 Å². The quantitative estimate of drug-likeness (QED) is 0.872. The van der Waals surface area contributed by atoms with E-state index in [1.165, 1.54) is 38.8 Å². The summed E-state index contributed by atoms with van der Waals surface area (Å²) in [6.07, 6.45) is 8.84. The van der Waals surface area contributed by atoms with Crippen LogP contribution in [0.5, 0.6) is 0 Å². The molecule has 0 spiro atoms. The maximum atomic E-state index is 4.44. The van der Waals surface area contributed by atoms with Crippen molar-refractivity contribution in [2.45, 2.75) is 31.7 Å². The summed E-state index contributed by atoms with van der Waals surface area (Å²) in [6, 6.07) is 8.85. The number of aromatic nitrogens is 3. The second-order valence-corrected chi connectivity index (χ2v) is 6.48. The molecule has 0 aromatic carbocycles. The highest BCUT2D eigenvalue weighted by atomic mass is 15.3. The van der Waals surface area contributed by atoms with Crippen LogP contribution in [0.25, 0.3) is 11.3 Å². The van der Waals surface area contributed by atoms with E-state index in [1.807, 2.05) is 24.4 Å². The first kappa shape index (κ1) is 14.6. The number of likely N-dealkylation sites (tertiary alicyclic amines) is 1. The molecule has 0 radical (unpaired) electrons. The highest BCUT2D eigenvalue weighted by molar-refractivity contribution is 5.58. The van der Waals surface area contributed by atoms with E-state index in [0.29, 0.717) is 0 Å². The molecule has 2 fully saturated rings. The second-order valence-electron chi connectivity index (χ2n) is 6.48. The Morgan fingerprint density at radius 3 is 2.39 bits per heavy atom. The van der Waals surface area contributed by atoms with Gasteiger partial charge in [-0.1, -0.05) is 0 Å². The number of rotatable bonds is 3. The lowest BCUT2D eigenvalue weighted by atomic mass is 10.0. The van der Waals surface area contributed by atoms with E-state index >= 15 is 0 Å². The Hall–Kier alpha value is -2.01. The van der Waals surface area contributed by atoms with Crippen LogP contribution < -0.4 is 4.90 Å². The van der Waals surface area contributed by atoms with E-state index < -0.39 is 0 Å². The van der Waals surface area contributed by atoms with Crippen molar-refractivity contribution in [3.63, 3.8) is 0 Å². The monoisotopic (exact) mass is 309 g/mol. The van der Waals surface area contributed by atoms with Crippen LogP contribution in [0.1, 0.15) is 25.7 Å². The molecule has 4 heterocycles. The summed E-state index contributed by atoms with van der Waals surface area (Å²) in [5.74, 6) is 0.998. The Bertz CT molecular complexity index is 614. The van der Waals surface area contributed by atoms with Gasteiger partial charge in [0.25, 0.3) is 0 Å². The fourth-order valence-electron chi connectivity index (χ4n) is 3.73. The summed E-state index contributed by atoms with van der Waals surface area (Å²) in [4.78, 5) is 9.18. The van der Waals surface area contributed by atoms with Gasteiger partial charge in [0.05, 0.1) is 5.69 Å². The fourth-order valence-corrected chi connectivity index (χ4v) is 3.73. The Labute approximate surface area is 137 Å². The van der Waals surface area contributed by atoms with Gasteiger partial charge in [-0.2, -0.15) is 0 Å². The molecule has 4 rings (SSSR count). The molecule has 0 saturated carbocycles. The average molecular weight is 309 g/mol. The van der Waals surface area contributed by atoms with Crippen LogP contribution in [0.4, 0.5) is 5.82 Å². The SMILES string of the molecule is c1cncc(-c2ccc(N3CCC(N4CCCC4)CC3)nn2)c1. The van der Waals surface area contributed by atoms with Gasteiger partial charge in [0.15, 0.2) is 5.82 Å². The highest BCUT2D eigenvalue weighted by Crippen LogP contribution is 2.24. The zero-order valence-corrected chi connectivity index (χ0v) is 13.4. The molecule has 5 heteroatoms. The lowest BCUT2D eigenvalue weighted by molar-refractivity contribution is 0.207. The van der Waals surface area contributed by atoms with Crippen molar-refractivity contribution in [3.8, 4) is 11.3 Å². The topological polar surface area (TPSA) is 45.2 Å². The molecule has 0 bridgehead atoms. The average Bonchev–Trinajstić information content (AvgIpc) is 3.18. The molecule has 2 aromatic rings. The smallest absolute Gasteiger partial charge is 0.151 e. The zero-order valence-electron chi connectivity index (χ0n) is 13.4. The summed E-state index contributed by atoms with van der Waals surface area (Å²) in [7, 11) is 0. The minimum absolute atomic E-state index is 0.774. The van der Waals surface area contributed by atoms with Crippen LogP contribution in [0.15, 0.2) is 36.7 Å². The largest absolute Gasteiger partial charge is 0.355 e. The number of piperidine rings is 1. The predicted octanol–water partition coefficient (Wildman–Crippen LogP) is 2.60. The third kappa shape index (κ3) is 3.20. The summed E-state index contributed by atoms with van der Waals surface area (Å²) in [6.45, 7) is 4.76. The third-order valence-electron chi connectivity index (χ3n) is 5.05. The summed E-state index contributed by atoms with van der Waals surface area (Å²) < 4.78 is 0. The maximum Gasteiger partial charge on any atom is 0.151 e. The molecule has 0 atom stereocenters. The third-order valence-corrected chi connectivity index (χ3v) is 5.05. The number of anilines is 1. The van der Waals surface area contributed by atoms with E-state index in [0.717, 1.165) is 36.2 Å². The van der Waals surface area contributed by atoms with Gasteiger partial charge < -0.3 is 9.80 Å². The van der Waals surface area contributed by atoms with E-state index in [-0.39, 0.29) is 0 Å². The van der Waals surface area contributed by atoms with Gasteiger partial charge >= 0.3 is 0 Å². The first-order chi connectivity index (χ1) is 11.4. The number of pyridine rings is 1. The molecule has 120 valence electrons. The van der Waals surface area contributed by atoms with E-state index in [2.05, 4.69) is 31.0 Å². The van der Waals surface area contributed by atoms with Gasteiger partial charge in [0.1, 0.15) is 0 Å². The predicted molar refractivity (Wildman–Crippen MR) is 91.3 cm³/mol. The molecule has 2 aromatic heterocycles.